The lowest BCUT2D eigenvalue weighted by Gasteiger charge is -1.95. The van der Waals surface area contributed by atoms with Gasteiger partial charge in [0, 0.05) is 17.7 Å². The van der Waals surface area contributed by atoms with Crippen LogP contribution in [0.15, 0.2) is 30.6 Å². The van der Waals surface area contributed by atoms with Crippen molar-refractivity contribution in [2.24, 2.45) is 0 Å². The molecule has 3 N–H and O–H groups in total. The van der Waals surface area contributed by atoms with Gasteiger partial charge in [0.1, 0.15) is 17.7 Å². The molecule has 0 saturated carbocycles. The first-order valence-electron chi connectivity index (χ1n) is 5.36. The number of nitrogens with one attached hydrogen (secondary N) is 1. The SMILES string of the molecule is Nc1ncnc2nc(-c3ccc([N+](=O)[O-])cc3)[nH]c12. The number of nitro benzene ring substituents is 1. The Labute approximate surface area is 106 Å². The van der Waals surface area contributed by atoms with Gasteiger partial charge in [0.15, 0.2) is 11.5 Å². The Morgan fingerprint density at radius 3 is 2.58 bits per heavy atom. The van der Waals surface area contributed by atoms with Crippen LogP contribution in [0.1, 0.15) is 0 Å². The number of non-ortho nitro benzene ring substituents is 1. The molecule has 0 bridgehead atoms. The summed E-state index contributed by atoms with van der Waals surface area (Å²) in [6, 6.07) is 6.05. The largest absolute Gasteiger partial charge is 0.382 e. The van der Waals surface area contributed by atoms with Crippen molar-refractivity contribution in [1.82, 2.24) is 19.9 Å². The minimum Gasteiger partial charge on any atom is -0.382 e. The minimum atomic E-state index is -0.453. The number of aromatic amines is 1. The maximum absolute atomic E-state index is 10.6. The molecule has 19 heavy (non-hydrogen) atoms. The van der Waals surface area contributed by atoms with Crippen molar-refractivity contribution in [3.63, 3.8) is 0 Å². The summed E-state index contributed by atoms with van der Waals surface area (Å²) in [6.07, 6.45) is 1.33. The molecule has 0 saturated heterocycles. The first-order valence-corrected chi connectivity index (χ1v) is 5.36. The number of fused-ring (bicyclic) bond motifs is 1. The topological polar surface area (TPSA) is 124 Å². The molecule has 2 aromatic heterocycles. The van der Waals surface area contributed by atoms with Gasteiger partial charge in [-0.3, -0.25) is 10.1 Å². The Hall–Kier alpha value is -3.03. The Morgan fingerprint density at radius 2 is 1.95 bits per heavy atom. The van der Waals surface area contributed by atoms with E-state index in [4.69, 9.17) is 5.73 Å². The summed E-state index contributed by atoms with van der Waals surface area (Å²) in [5.74, 6) is 0.850. The molecular formula is C11H8N6O2. The second kappa shape index (κ2) is 4.02. The predicted octanol–water partition coefficient (Wildman–Crippen LogP) is 1.51. The molecule has 0 aliphatic heterocycles. The van der Waals surface area contributed by atoms with Crippen LogP contribution >= 0.6 is 0 Å². The number of hydrogen-bond acceptors (Lipinski definition) is 6. The van der Waals surface area contributed by atoms with Gasteiger partial charge in [-0.25, -0.2) is 15.0 Å². The summed E-state index contributed by atoms with van der Waals surface area (Å²) in [4.78, 5) is 25.2. The molecule has 94 valence electrons. The smallest absolute Gasteiger partial charge is 0.269 e. The highest BCUT2D eigenvalue weighted by Crippen LogP contribution is 2.23. The minimum absolute atomic E-state index is 0.0270. The van der Waals surface area contributed by atoms with Gasteiger partial charge in [0.05, 0.1) is 4.92 Å². The molecule has 0 fully saturated rings. The highest BCUT2D eigenvalue weighted by molar-refractivity contribution is 5.84. The van der Waals surface area contributed by atoms with E-state index in [2.05, 4.69) is 19.9 Å². The normalized spacial score (nSPS) is 10.7. The van der Waals surface area contributed by atoms with Crippen LogP contribution in [0.25, 0.3) is 22.6 Å². The third kappa shape index (κ3) is 1.84. The second-order valence-corrected chi connectivity index (χ2v) is 3.85. The van der Waals surface area contributed by atoms with Crippen molar-refractivity contribution < 1.29 is 4.92 Å². The van der Waals surface area contributed by atoms with Gasteiger partial charge in [-0.1, -0.05) is 0 Å². The summed E-state index contributed by atoms with van der Waals surface area (Å²) in [6.45, 7) is 0. The van der Waals surface area contributed by atoms with Crippen molar-refractivity contribution >= 4 is 22.7 Å². The van der Waals surface area contributed by atoms with Gasteiger partial charge in [0.2, 0.25) is 0 Å². The number of aromatic nitrogens is 4. The van der Waals surface area contributed by atoms with Gasteiger partial charge in [-0.2, -0.15) is 0 Å². The average molecular weight is 256 g/mol. The molecular weight excluding hydrogens is 248 g/mol. The van der Waals surface area contributed by atoms with E-state index in [1.54, 1.807) is 12.1 Å². The lowest BCUT2D eigenvalue weighted by atomic mass is 10.2. The third-order valence-electron chi connectivity index (χ3n) is 2.67. The van der Waals surface area contributed by atoms with E-state index in [1.165, 1.54) is 18.5 Å². The molecule has 0 radical (unpaired) electrons. The molecule has 3 aromatic rings. The van der Waals surface area contributed by atoms with E-state index in [0.717, 1.165) is 0 Å². The summed E-state index contributed by atoms with van der Waals surface area (Å²) in [5, 5.41) is 10.6. The fourth-order valence-electron chi connectivity index (χ4n) is 1.72. The standard InChI is InChI=1S/C11H8N6O2/c12-9-8-11(14-5-13-9)16-10(15-8)6-1-3-7(4-2-6)17(18)19/h1-5H,(H3,12,13,14,15,16). The van der Waals surface area contributed by atoms with E-state index in [-0.39, 0.29) is 5.69 Å². The van der Waals surface area contributed by atoms with E-state index in [9.17, 15) is 10.1 Å². The predicted molar refractivity (Wildman–Crippen MR) is 68.2 cm³/mol. The Bertz CT molecular complexity index is 764. The first-order chi connectivity index (χ1) is 9.15. The van der Waals surface area contributed by atoms with Gasteiger partial charge >= 0.3 is 0 Å². The lowest BCUT2D eigenvalue weighted by Crippen LogP contribution is -1.91. The average Bonchev–Trinajstić information content (AvgIpc) is 2.84. The monoisotopic (exact) mass is 256 g/mol. The number of nitrogen functional groups attached to an aromatic ring is 1. The fraction of sp³-hybridized carbons (Fsp3) is 0. The molecule has 0 aliphatic carbocycles. The number of nitrogens with zero attached hydrogens (tertiary/aromatic N) is 4. The highest BCUT2D eigenvalue weighted by atomic mass is 16.6. The van der Waals surface area contributed by atoms with Crippen LogP contribution in [0.5, 0.6) is 0 Å². The summed E-state index contributed by atoms with van der Waals surface area (Å²) < 4.78 is 0. The van der Waals surface area contributed by atoms with Crippen LogP contribution in [0.2, 0.25) is 0 Å². The number of rotatable bonds is 2. The van der Waals surface area contributed by atoms with E-state index in [0.29, 0.717) is 28.4 Å². The fourth-order valence-corrected chi connectivity index (χ4v) is 1.72. The van der Waals surface area contributed by atoms with Crippen molar-refractivity contribution in [1.29, 1.82) is 0 Å². The molecule has 8 nitrogen and oxygen atoms in total. The van der Waals surface area contributed by atoms with E-state index in [1.807, 2.05) is 0 Å². The molecule has 0 spiro atoms. The molecule has 1 aromatic carbocycles. The van der Waals surface area contributed by atoms with Crippen LogP contribution < -0.4 is 5.73 Å². The second-order valence-electron chi connectivity index (χ2n) is 3.85. The van der Waals surface area contributed by atoms with Crippen molar-refractivity contribution in [3.05, 3.63) is 40.7 Å². The van der Waals surface area contributed by atoms with Gasteiger partial charge in [-0.05, 0) is 12.1 Å². The molecule has 0 atom stereocenters. The summed E-state index contributed by atoms with van der Waals surface area (Å²) in [7, 11) is 0. The molecule has 0 unspecified atom stereocenters. The van der Waals surface area contributed by atoms with Crippen LogP contribution in [0.3, 0.4) is 0 Å². The van der Waals surface area contributed by atoms with E-state index < -0.39 is 4.92 Å². The van der Waals surface area contributed by atoms with Crippen molar-refractivity contribution in [2.75, 3.05) is 5.73 Å². The highest BCUT2D eigenvalue weighted by Gasteiger charge is 2.10. The van der Waals surface area contributed by atoms with Gasteiger partial charge in [-0.15, -0.1) is 0 Å². The molecule has 2 heterocycles. The first kappa shape index (κ1) is 11.1. The van der Waals surface area contributed by atoms with Crippen LogP contribution in [-0.2, 0) is 0 Å². The zero-order valence-electron chi connectivity index (χ0n) is 9.57. The Morgan fingerprint density at radius 1 is 1.21 bits per heavy atom. The number of hydrogen-bond donors (Lipinski definition) is 2. The van der Waals surface area contributed by atoms with Crippen LogP contribution in [-0.4, -0.2) is 24.9 Å². The van der Waals surface area contributed by atoms with Gasteiger partial charge in [0.25, 0.3) is 5.69 Å². The zero-order valence-corrected chi connectivity index (χ0v) is 9.57. The Balaban J connectivity index is 2.09. The summed E-state index contributed by atoms with van der Waals surface area (Å²) in [5.41, 5.74) is 7.45. The maximum Gasteiger partial charge on any atom is 0.269 e. The van der Waals surface area contributed by atoms with Gasteiger partial charge < -0.3 is 10.7 Å². The molecule has 3 rings (SSSR count). The van der Waals surface area contributed by atoms with Crippen LogP contribution in [0.4, 0.5) is 11.5 Å². The zero-order chi connectivity index (χ0) is 13.4. The summed E-state index contributed by atoms with van der Waals surface area (Å²) >= 11 is 0. The number of nitrogens with two attached hydrogens (primary N) is 1. The molecule has 0 aliphatic rings. The number of nitro groups is 1. The molecule has 8 heteroatoms. The molecule has 0 amide bonds. The van der Waals surface area contributed by atoms with E-state index >= 15 is 0 Å². The lowest BCUT2D eigenvalue weighted by molar-refractivity contribution is -0.384. The quantitative estimate of drug-likeness (QED) is 0.529. The number of benzene rings is 1. The maximum atomic E-state index is 10.6. The number of anilines is 1. The van der Waals surface area contributed by atoms with Crippen LogP contribution in [0, 0.1) is 10.1 Å². The van der Waals surface area contributed by atoms with Crippen molar-refractivity contribution in [3.8, 4) is 11.4 Å². The Kier molecular flexibility index (Phi) is 2.34. The number of imidazole rings is 1. The van der Waals surface area contributed by atoms with Crippen molar-refractivity contribution in [2.45, 2.75) is 0 Å². The number of H-pyrrole nitrogens is 1. The third-order valence-corrected chi connectivity index (χ3v) is 2.67.